The molecule has 3 aliphatic heterocycles. The molecule has 4 aromatic rings. The van der Waals surface area contributed by atoms with Gasteiger partial charge in [-0.25, -0.2) is 15.0 Å². The average Bonchev–Trinajstić information content (AvgIpc) is 3.91. The van der Waals surface area contributed by atoms with Crippen molar-refractivity contribution in [2.45, 2.75) is 56.9 Å². The van der Waals surface area contributed by atoms with Gasteiger partial charge in [-0.1, -0.05) is 18.2 Å². The van der Waals surface area contributed by atoms with Gasteiger partial charge in [0.15, 0.2) is 0 Å². The van der Waals surface area contributed by atoms with E-state index in [1.165, 1.54) is 25.7 Å². The minimum absolute atomic E-state index is 0.0318. The molecule has 4 aliphatic rings. The number of likely N-dealkylation sites (tertiary alicyclic amines) is 1. The molecule has 2 aromatic heterocycles. The fourth-order valence-electron chi connectivity index (χ4n) is 6.45. The SMILES string of the molecule is Cc1cccc2cnc(Nc3cc(C4OC4N4CCC(N5CCOCC5)CC4)c4nc(C5CC5)[nH]c4c3)nc12. The zero-order valence-corrected chi connectivity index (χ0v) is 22.4. The molecule has 1 aliphatic carbocycles. The number of H-pyrrole nitrogens is 1. The average molecular weight is 526 g/mol. The summed E-state index contributed by atoms with van der Waals surface area (Å²) in [7, 11) is 0. The van der Waals surface area contributed by atoms with Crippen LogP contribution in [-0.4, -0.2) is 81.4 Å². The van der Waals surface area contributed by atoms with Gasteiger partial charge >= 0.3 is 0 Å². The molecule has 4 fully saturated rings. The first-order chi connectivity index (χ1) is 19.2. The summed E-state index contributed by atoms with van der Waals surface area (Å²) in [4.78, 5) is 23.2. The largest absolute Gasteiger partial charge is 0.379 e. The Labute approximate surface area is 227 Å². The van der Waals surface area contributed by atoms with Crippen LogP contribution in [0, 0.1) is 6.92 Å². The minimum Gasteiger partial charge on any atom is -0.379 e. The Morgan fingerprint density at radius 3 is 2.62 bits per heavy atom. The maximum Gasteiger partial charge on any atom is 0.227 e. The maximum absolute atomic E-state index is 6.37. The quantitative estimate of drug-likeness (QED) is 0.352. The number of nitrogens with one attached hydrogen (secondary N) is 2. The van der Waals surface area contributed by atoms with Gasteiger partial charge in [-0.15, -0.1) is 0 Å². The zero-order chi connectivity index (χ0) is 25.9. The smallest absolute Gasteiger partial charge is 0.227 e. The van der Waals surface area contributed by atoms with E-state index in [1.54, 1.807) is 0 Å². The first kappa shape index (κ1) is 23.7. The molecule has 2 atom stereocenters. The molecular formula is C30H35N7O2. The molecule has 9 heteroatoms. The summed E-state index contributed by atoms with van der Waals surface area (Å²) >= 11 is 0. The highest BCUT2D eigenvalue weighted by atomic mass is 16.6. The number of aromatic amines is 1. The first-order valence-electron chi connectivity index (χ1n) is 14.4. The fourth-order valence-corrected chi connectivity index (χ4v) is 6.45. The van der Waals surface area contributed by atoms with Crippen molar-refractivity contribution < 1.29 is 9.47 Å². The van der Waals surface area contributed by atoms with Crippen LogP contribution in [0.2, 0.25) is 0 Å². The van der Waals surface area contributed by atoms with Crippen LogP contribution in [0.1, 0.15) is 54.7 Å². The summed E-state index contributed by atoms with van der Waals surface area (Å²) in [5.41, 5.74) is 6.30. The molecule has 8 rings (SSSR count). The fraction of sp³-hybridized carbons (Fsp3) is 0.500. The number of para-hydroxylation sites is 1. The number of imidazole rings is 1. The monoisotopic (exact) mass is 525 g/mol. The second-order valence-corrected chi connectivity index (χ2v) is 11.6. The van der Waals surface area contributed by atoms with Crippen molar-refractivity contribution in [2.75, 3.05) is 44.7 Å². The number of hydrogen-bond acceptors (Lipinski definition) is 8. The number of rotatable bonds is 6. The van der Waals surface area contributed by atoms with E-state index in [2.05, 4.69) is 56.3 Å². The van der Waals surface area contributed by atoms with Gasteiger partial charge in [0.1, 0.15) is 18.2 Å². The topological polar surface area (TPSA) is 94.7 Å². The van der Waals surface area contributed by atoms with Crippen molar-refractivity contribution in [1.82, 2.24) is 29.7 Å². The van der Waals surface area contributed by atoms with Crippen LogP contribution in [0.15, 0.2) is 36.5 Å². The molecule has 0 amide bonds. The van der Waals surface area contributed by atoms with Crippen LogP contribution in [0.3, 0.4) is 0 Å². The van der Waals surface area contributed by atoms with E-state index in [0.717, 1.165) is 84.0 Å². The number of piperidine rings is 1. The van der Waals surface area contributed by atoms with Crippen molar-refractivity contribution in [3.05, 3.63) is 53.5 Å². The van der Waals surface area contributed by atoms with Gasteiger partial charge in [-0.2, -0.15) is 0 Å². The molecule has 39 heavy (non-hydrogen) atoms. The number of morpholine rings is 1. The second kappa shape index (κ2) is 9.52. The summed E-state index contributed by atoms with van der Waals surface area (Å²) in [6.07, 6.45) is 6.85. The predicted molar refractivity (Wildman–Crippen MR) is 150 cm³/mol. The molecular weight excluding hydrogens is 490 g/mol. The number of aryl methyl sites for hydroxylation is 1. The Bertz CT molecular complexity index is 1520. The third-order valence-corrected chi connectivity index (χ3v) is 8.86. The van der Waals surface area contributed by atoms with Gasteiger partial charge in [0, 0.05) is 61.0 Å². The van der Waals surface area contributed by atoms with Gasteiger partial charge in [0.2, 0.25) is 5.95 Å². The van der Waals surface area contributed by atoms with Crippen LogP contribution in [-0.2, 0) is 9.47 Å². The molecule has 2 N–H and O–H groups in total. The van der Waals surface area contributed by atoms with Gasteiger partial charge in [0.25, 0.3) is 0 Å². The van der Waals surface area contributed by atoms with Crippen molar-refractivity contribution in [1.29, 1.82) is 0 Å². The lowest BCUT2D eigenvalue weighted by Crippen LogP contribution is -2.49. The van der Waals surface area contributed by atoms with E-state index >= 15 is 0 Å². The summed E-state index contributed by atoms with van der Waals surface area (Å²) in [6, 6.07) is 11.2. The molecule has 0 spiro atoms. The highest BCUT2D eigenvalue weighted by Gasteiger charge is 2.47. The molecule has 3 saturated heterocycles. The number of epoxide rings is 1. The Morgan fingerprint density at radius 2 is 1.79 bits per heavy atom. The molecule has 9 nitrogen and oxygen atoms in total. The summed E-state index contributed by atoms with van der Waals surface area (Å²) in [5, 5.41) is 4.52. The molecule has 1 saturated carbocycles. The summed E-state index contributed by atoms with van der Waals surface area (Å²) < 4.78 is 11.9. The number of aromatic nitrogens is 4. The first-order valence-corrected chi connectivity index (χ1v) is 14.4. The van der Waals surface area contributed by atoms with Crippen LogP contribution in [0.5, 0.6) is 0 Å². The Hall–Kier alpha value is -3.11. The predicted octanol–water partition coefficient (Wildman–Crippen LogP) is 4.63. The number of fused-ring (bicyclic) bond motifs is 2. The number of benzene rings is 2. The van der Waals surface area contributed by atoms with E-state index in [-0.39, 0.29) is 12.3 Å². The van der Waals surface area contributed by atoms with E-state index in [4.69, 9.17) is 19.4 Å². The van der Waals surface area contributed by atoms with E-state index in [9.17, 15) is 0 Å². The van der Waals surface area contributed by atoms with E-state index in [0.29, 0.717) is 17.9 Å². The van der Waals surface area contributed by atoms with Gasteiger partial charge < -0.3 is 19.8 Å². The lowest BCUT2D eigenvalue weighted by Gasteiger charge is -2.39. The van der Waals surface area contributed by atoms with Crippen molar-refractivity contribution in [2.24, 2.45) is 0 Å². The highest BCUT2D eigenvalue weighted by molar-refractivity contribution is 5.86. The normalized spacial score (nSPS) is 24.9. The van der Waals surface area contributed by atoms with Crippen LogP contribution in [0.25, 0.3) is 21.9 Å². The standard InChI is InChI=1S/C30H35N7O2/c1-18-3-2-4-20-17-31-30(35-25(18)20)32-21-15-23(26-24(16-21)33-28(34-26)19-5-6-19)27-29(39-27)37-9-7-22(8-10-37)36-11-13-38-14-12-36/h2-4,15-17,19,22,27,29H,5-14H2,1H3,(H,33,34)(H,31,32,35). The molecule has 5 heterocycles. The second-order valence-electron chi connectivity index (χ2n) is 11.6. The number of nitrogens with zero attached hydrogens (tertiary/aromatic N) is 5. The van der Waals surface area contributed by atoms with Gasteiger partial charge in [-0.05, 0) is 50.3 Å². The number of ether oxygens (including phenoxy) is 2. The van der Waals surface area contributed by atoms with E-state index < -0.39 is 0 Å². The number of anilines is 2. The maximum atomic E-state index is 6.37. The Kier molecular flexibility index (Phi) is 5.80. The molecule has 2 aromatic carbocycles. The van der Waals surface area contributed by atoms with Gasteiger partial charge in [-0.3, -0.25) is 9.80 Å². The van der Waals surface area contributed by atoms with Crippen LogP contribution in [0.4, 0.5) is 11.6 Å². The van der Waals surface area contributed by atoms with Crippen LogP contribution < -0.4 is 5.32 Å². The minimum atomic E-state index is 0.0318. The van der Waals surface area contributed by atoms with Crippen molar-refractivity contribution in [3.8, 4) is 0 Å². The van der Waals surface area contributed by atoms with Crippen molar-refractivity contribution >= 4 is 33.6 Å². The Balaban J connectivity index is 1.05. The van der Waals surface area contributed by atoms with Gasteiger partial charge in [0.05, 0.1) is 29.8 Å². The summed E-state index contributed by atoms with van der Waals surface area (Å²) in [5.74, 6) is 2.26. The molecule has 0 radical (unpaired) electrons. The van der Waals surface area contributed by atoms with E-state index in [1.807, 2.05) is 12.3 Å². The zero-order valence-electron chi connectivity index (χ0n) is 22.4. The lowest BCUT2D eigenvalue weighted by atomic mass is 10.0. The molecule has 2 unspecified atom stereocenters. The summed E-state index contributed by atoms with van der Waals surface area (Å²) in [6.45, 7) is 8.09. The molecule has 0 bridgehead atoms. The number of hydrogen-bond donors (Lipinski definition) is 2. The lowest BCUT2D eigenvalue weighted by molar-refractivity contribution is -0.00330. The molecule has 202 valence electrons. The van der Waals surface area contributed by atoms with Crippen LogP contribution >= 0.6 is 0 Å². The highest BCUT2D eigenvalue weighted by Crippen LogP contribution is 2.47. The third-order valence-electron chi connectivity index (χ3n) is 8.86. The van der Waals surface area contributed by atoms with Crippen molar-refractivity contribution in [3.63, 3.8) is 0 Å². The third kappa shape index (κ3) is 4.57. The Morgan fingerprint density at radius 1 is 0.949 bits per heavy atom.